The summed E-state index contributed by atoms with van der Waals surface area (Å²) in [6, 6.07) is 3.41. The van der Waals surface area contributed by atoms with Gasteiger partial charge in [-0.2, -0.15) is 13.2 Å². The normalized spacial score (nSPS) is 11.5. The van der Waals surface area contributed by atoms with Crippen molar-refractivity contribution in [1.29, 1.82) is 0 Å². The van der Waals surface area contributed by atoms with E-state index in [1.54, 1.807) is 0 Å². The van der Waals surface area contributed by atoms with Crippen LogP contribution in [-0.4, -0.2) is 12.8 Å². The van der Waals surface area contributed by atoms with Gasteiger partial charge in [0.25, 0.3) is 0 Å². The van der Waals surface area contributed by atoms with E-state index in [1.807, 2.05) is 0 Å². The lowest BCUT2D eigenvalue weighted by molar-refractivity contribution is -0.139. The van der Waals surface area contributed by atoms with Crippen molar-refractivity contribution in [3.8, 4) is 5.75 Å². The first-order valence-corrected chi connectivity index (χ1v) is 4.13. The van der Waals surface area contributed by atoms with Gasteiger partial charge in [0, 0.05) is 6.07 Å². The van der Waals surface area contributed by atoms with E-state index in [2.05, 4.69) is 0 Å². The summed E-state index contributed by atoms with van der Waals surface area (Å²) in [5.74, 6) is -0.503. The Morgan fingerprint density at radius 3 is 2.47 bits per heavy atom. The Hall–Kier alpha value is -1.46. The summed E-state index contributed by atoms with van der Waals surface area (Å²) in [5.41, 5.74) is 5.05. The molecule has 0 radical (unpaired) electrons. The van der Waals surface area contributed by atoms with Crippen LogP contribution in [0.15, 0.2) is 18.2 Å². The van der Waals surface area contributed by atoms with Crippen LogP contribution in [0.2, 0.25) is 0 Å². The zero-order valence-electron chi connectivity index (χ0n) is 7.64. The maximum Gasteiger partial charge on any atom is 0.392 e. The van der Waals surface area contributed by atoms with E-state index in [-0.39, 0.29) is 11.4 Å². The number of benzene rings is 1. The Balaban J connectivity index is 2.48. The Morgan fingerprint density at radius 1 is 1.27 bits per heavy atom. The van der Waals surface area contributed by atoms with E-state index in [0.29, 0.717) is 0 Å². The third-order valence-corrected chi connectivity index (χ3v) is 1.62. The van der Waals surface area contributed by atoms with Crippen LogP contribution >= 0.6 is 0 Å². The Kier molecular flexibility index (Phi) is 3.39. The van der Waals surface area contributed by atoms with E-state index < -0.39 is 25.0 Å². The quantitative estimate of drug-likeness (QED) is 0.631. The van der Waals surface area contributed by atoms with Gasteiger partial charge in [-0.3, -0.25) is 0 Å². The average molecular weight is 223 g/mol. The van der Waals surface area contributed by atoms with E-state index in [4.69, 9.17) is 10.5 Å². The van der Waals surface area contributed by atoms with E-state index in [1.165, 1.54) is 6.07 Å². The maximum atomic E-state index is 12.6. The summed E-state index contributed by atoms with van der Waals surface area (Å²) in [6.07, 6.45) is -5.31. The topological polar surface area (TPSA) is 35.2 Å². The number of nitrogens with two attached hydrogens (primary N) is 1. The molecule has 1 aromatic rings. The second kappa shape index (κ2) is 4.37. The third kappa shape index (κ3) is 4.05. The lowest BCUT2D eigenvalue weighted by Gasteiger charge is -2.09. The van der Waals surface area contributed by atoms with Gasteiger partial charge in [0.1, 0.15) is 11.6 Å². The molecule has 0 atom stereocenters. The highest BCUT2D eigenvalue weighted by Gasteiger charge is 2.26. The number of alkyl halides is 3. The van der Waals surface area contributed by atoms with Crippen LogP contribution in [0.25, 0.3) is 0 Å². The fourth-order valence-corrected chi connectivity index (χ4v) is 0.896. The van der Waals surface area contributed by atoms with Crippen LogP contribution in [-0.2, 0) is 0 Å². The molecule has 84 valence electrons. The van der Waals surface area contributed by atoms with Crippen LogP contribution < -0.4 is 10.5 Å². The largest absolute Gasteiger partial charge is 0.493 e. The van der Waals surface area contributed by atoms with Crippen LogP contribution in [0, 0.1) is 5.82 Å². The minimum absolute atomic E-state index is 0.123. The molecule has 6 heteroatoms. The monoisotopic (exact) mass is 223 g/mol. The Bertz CT molecular complexity index is 337. The predicted octanol–water partition coefficient (Wildman–Crippen LogP) is 2.74. The molecule has 0 aliphatic carbocycles. The Labute approximate surface area is 83.6 Å². The summed E-state index contributed by atoms with van der Waals surface area (Å²) >= 11 is 0. The van der Waals surface area contributed by atoms with Gasteiger partial charge in [0.05, 0.1) is 18.7 Å². The van der Waals surface area contributed by atoms with Crippen molar-refractivity contribution in [2.24, 2.45) is 0 Å². The molecular formula is C9H9F4NO. The zero-order valence-corrected chi connectivity index (χ0v) is 7.64. The highest BCUT2D eigenvalue weighted by atomic mass is 19.4. The number of hydrogen-bond acceptors (Lipinski definition) is 2. The van der Waals surface area contributed by atoms with Gasteiger partial charge >= 0.3 is 6.18 Å². The van der Waals surface area contributed by atoms with Crippen molar-refractivity contribution in [2.75, 3.05) is 12.3 Å². The van der Waals surface area contributed by atoms with Crippen molar-refractivity contribution in [3.05, 3.63) is 24.0 Å². The van der Waals surface area contributed by atoms with Crippen molar-refractivity contribution in [2.45, 2.75) is 12.6 Å². The van der Waals surface area contributed by atoms with Crippen LogP contribution in [0.5, 0.6) is 5.75 Å². The van der Waals surface area contributed by atoms with Gasteiger partial charge in [0.2, 0.25) is 0 Å². The number of halogens is 4. The van der Waals surface area contributed by atoms with Gasteiger partial charge in [-0.15, -0.1) is 0 Å². The Morgan fingerprint density at radius 2 is 1.93 bits per heavy atom. The summed E-state index contributed by atoms with van der Waals surface area (Å²) in [7, 11) is 0. The van der Waals surface area contributed by atoms with Crippen LogP contribution in [0.3, 0.4) is 0 Å². The molecule has 0 bridgehead atoms. The van der Waals surface area contributed by atoms with Gasteiger partial charge in [-0.25, -0.2) is 4.39 Å². The molecule has 0 aromatic heterocycles. The molecule has 0 saturated heterocycles. The molecule has 0 fully saturated rings. The van der Waals surface area contributed by atoms with E-state index in [9.17, 15) is 17.6 Å². The lowest BCUT2D eigenvalue weighted by Crippen LogP contribution is -2.13. The minimum atomic E-state index is -4.26. The van der Waals surface area contributed by atoms with Gasteiger partial charge in [0.15, 0.2) is 0 Å². The van der Waals surface area contributed by atoms with Crippen molar-refractivity contribution in [3.63, 3.8) is 0 Å². The fourth-order valence-electron chi connectivity index (χ4n) is 0.896. The molecular weight excluding hydrogens is 214 g/mol. The molecule has 0 unspecified atom stereocenters. The van der Waals surface area contributed by atoms with Gasteiger partial charge < -0.3 is 10.5 Å². The van der Waals surface area contributed by atoms with Crippen LogP contribution in [0.1, 0.15) is 6.42 Å². The molecule has 15 heavy (non-hydrogen) atoms. The maximum absolute atomic E-state index is 12.6. The molecule has 0 aliphatic rings. The molecule has 1 rings (SSSR count). The summed E-state index contributed by atoms with van der Waals surface area (Å²) in [5, 5.41) is 0. The second-order valence-electron chi connectivity index (χ2n) is 2.90. The average Bonchev–Trinajstić information content (AvgIpc) is 2.09. The van der Waals surface area contributed by atoms with E-state index in [0.717, 1.165) is 12.1 Å². The smallest absolute Gasteiger partial charge is 0.392 e. The molecule has 1 aromatic carbocycles. The third-order valence-electron chi connectivity index (χ3n) is 1.62. The van der Waals surface area contributed by atoms with Crippen molar-refractivity contribution in [1.82, 2.24) is 0 Å². The van der Waals surface area contributed by atoms with Crippen LogP contribution in [0.4, 0.5) is 23.2 Å². The SMILES string of the molecule is Nc1cc(OCCC(F)(F)F)ccc1F. The second-order valence-corrected chi connectivity index (χ2v) is 2.90. The molecule has 2 nitrogen and oxygen atoms in total. The van der Waals surface area contributed by atoms with Gasteiger partial charge in [-0.1, -0.05) is 0 Å². The van der Waals surface area contributed by atoms with E-state index >= 15 is 0 Å². The molecule has 0 saturated carbocycles. The first kappa shape index (κ1) is 11.6. The van der Waals surface area contributed by atoms with Crippen molar-refractivity contribution >= 4 is 5.69 Å². The highest BCUT2D eigenvalue weighted by Crippen LogP contribution is 2.22. The zero-order chi connectivity index (χ0) is 11.5. The number of rotatable bonds is 3. The first-order chi connectivity index (χ1) is 6.88. The van der Waals surface area contributed by atoms with Gasteiger partial charge in [-0.05, 0) is 12.1 Å². The first-order valence-electron chi connectivity index (χ1n) is 4.13. The molecule has 0 spiro atoms. The molecule has 0 aliphatic heterocycles. The minimum Gasteiger partial charge on any atom is -0.493 e. The summed E-state index contributed by atoms with van der Waals surface area (Å²) in [4.78, 5) is 0. The number of ether oxygens (including phenoxy) is 1. The number of hydrogen-bond donors (Lipinski definition) is 1. The fraction of sp³-hybridized carbons (Fsp3) is 0.333. The highest BCUT2D eigenvalue weighted by molar-refractivity contribution is 5.45. The van der Waals surface area contributed by atoms with Crippen molar-refractivity contribution < 1.29 is 22.3 Å². The summed E-state index contributed by atoms with van der Waals surface area (Å²) in [6.45, 7) is -0.505. The predicted molar refractivity (Wildman–Crippen MR) is 47.0 cm³/mol. The molecule has 2 N–H and O–H groups in total. The lowest BCUT2D eigenvalue weighted by atomic mass is 10.3. The molecule has 0 amide bonds. The number of anilines is 1. The molecule has 0 heterocycles. The number of nitrogen functional groups attached to an aromatic ring is 1. The summed E-state index contributed by atoms with van der Waals surface area (Å²) < 4.78 is 52.6. The standard InChI is InChI=1S/C9H9F4NO/c10-7-2-1-6(5-8(7)14)15-4-3-9(11,12)13/h1-2,5H,3-4,14H2.